The Morgan fingerprint density at radius 1 is 1.45 bits per heavy atom. The first-order valence-electron chi connectivity index (χ1n) is 7.38. The standard InChI is InChI=1S/C15H18N2O4S/c1-3-21-14(19)10-4-9(5-10)6-17-13(18)11-8(2)7-22-12(11)16-15(17)20/h7,9-10H,3-6H2,1-2H3,(H,16,20). The van der Waals surface area contributed by atoms with Crippen molar-refractivity contribution in [3.05, 3.63) is 31.8 Å². The Kier molecular flexibility index (Phi) is 3.90. The number of aromatic nitrogens is 2. The number of H-pyrrole nitrogens is 1. The monoisotopic (exact) mass is 322 g/mol. The van der Waals surface area contributed by atoms with Gasteiger partial charge in [0.25, 0.3) is 5.56 Å². The summed E-state index contributed by atoms with van der Waals surface area (Å²) in [6, 6.07) is 0. The molecule has 1 aliphatic carbocycles. The molecule has 0 aliphatic heterocycles. The van der Waals surface area contributed by atoms with Gasteiger partial charge in [-0.05, 0) is 43.6 Å². The fourth-order valence-electron chi connectivity index (χ4n) is 2.96. The van der Waals surface area contributed by atoms with E-state index in [1.807, 2.05) is 12.3 Å². The molecule has 0 bridgehead atoms. The maximum Gasteiger partial charge on any atom is 0.329 e. The number of carbonyl (C=O) groups is 1. The number of thiophene rings is 1. The van der Waals surface area contributed by atoms with Crippen LogP contribution < -0.4 is 11.2 Å². The highest BCUT2D eigenvalue weighted by atomic mass is 32.1. The summed E-state index contributed by atoms with van der Waals surface area (Å²) in [6.07, 6.45) is 1.34. The van der Waals surface area contributed by atoms with Crippen LogP contribution in [0.4, 0.5) is 0 Å². The largest absolute Gasteiger partial charge is 0.466 e. The van der Waals surface area contributed by atoms with Crippen LogP contribution in [0, 0.1) is 18.8 Å². The molecule has 3 rings (SSSR count). The summed E-state index contributed by atoms with van der Waals surface area (Å²) in [5.41, 5.74) is 0.268. The number of nitrogens with zero attached hydrogens (tertiary/aromatic N) is 1. The van der Waals surface area contributed by atoms with Gasteiger partial charge in [-0.3, -0.25) is 19.1 Å². The summed E-state index contributed by atoms with van der Waals surface area (Å²) in [6.45, 7) is 4.39. The van der Waals surface area contributed by atoms with Crippen LogP contribution in [0.2, 0.25) is 0 Å². The van der Waals surface area contributed by atoms with Gasteiger partial charge < -0.3 is 4.74 Å². The van der Waals surface area contributed by atoms with E-state index in [4.69, 9.17) is 4.74 Å². The van der Waals surface area contributed by atoms with Crippen molar-refractivity contribution in [3.8, 4) is 0 Å². The zero-order chi connectivity index (χ0) is 15.9. The lowest BCUT2D eigenvalue weighted by Crippen LogP contribution is -2.41. The Hall–Kier alpha value is -1.89. The summed E-state index contributed by atoms with van der Waals surface area (Å²) >= 11 is 1.37. The molecule has 1 fully saturated rings. The molecule has 0 spiro atoms. The topological polar surface area (TPSA) is 81.2 Å². The van der Waals surface area contributed by atoms with Gasteiger partial charge in [0.05, 0.1) is 17.9 Å². The van der Waals surface area contributed by atoms with Crippen LogP contribution in [0.1, 0.15) is 25.3 Å². The average molecular weight is 322 g/mol. The minimum Gasteiger partial charge on any atom is -0.466 e. The van der Waals surface area contributed by atoms with E-state index in [1.54, 1.807) is 6.92 Å². The van der Waals surface area contributed by atoms with Gasteiger partial charge in [0.1, 0.15) is 4.83 Å². The van der Waals surface area contributed by atoms with Crippen LogP contribution in [0.25, 0.3) is 10.2 Å². The first-order chi connectivity index (χ1) is 10.5. The van der Waals surface area contributed by atoms with Crippen LogP contribution in [-0.4, -0.2) is 22.1 Å². The van der Waals surface area contributed by atoms with Crippen LogP contribution >= 0.6 is 11.3 Å². The highest BCUT2D eigenvalue weighted by molar-refractivity contribution is 7.16. The predicted molar refractivity (Wildman–Crippen MR) is 84.3 cm³/mol. The summed E-state index contributed by atoms with van der Waals surface area (Å²) in [5.74, 6) is -0.0971. The second-order valence-corrected chi connectivity index (χ2v) is 6.63. The molecule has 7 heteroatoms. The van der Waals surface area contributed by atoms with Gasteiger partial charge in [-0.2, -0.15) is 0 Å². The average Bonchev–Trinajstić information content (AvgIpc) is 2.77. The van der Waals surface area contributed by atoms with E-state index in [0.29, 0.717) is 36.2 Å². The van der Waals surface area contributed by atoms with E-state index in [1.165, 1.54) is 15.9 Å². The van der Waals surface area contributed by atoms with Crippen molar-refractivity contribution in [1.82, 2.24) is 9.55 Å². The fraction of sp³-hybridized carbons (Fsp3) is 0.533. The molecule has 0 unspecified atom stereocenters. The van der Waals surface area contributed by atoms with Crippen molar-refractivity contribution < 1.29 is 9.53 Å². The Labute approximate surface area is 130 Å². The number of aromatic amines is 1. The molecule has 0 aromatic carbocycles. The molecule has 0 saturated heterocycles. The van der Waals surface area contributed by atoms with Gasteiger partial charge in [-0.25, -0.2) is 4.79 Å². The molecule has 118 valence electrons. The maximum atomic E-state index is 12.5. The van der Waals surface area contributed by atoms with Crippen molar-refractivity contribution >= 4 is 27.5 Å². The highest BCUT2D eigenvalue weighted by Crippen LogP contribution is 2.35. The number of ether oxygens (including phenoxy) is 1. The molecule has 6 nitrogen and oxygen atoms in total. The van der Waals surface area contributed by atoms with Gasteiger partial charge >= 0.3 is 11.7 Å². The smallest absolute Gasteiger partial charge is 0.329 e. The number of hydrogen-bond acceptors (Lipinski definition) is 5. The first-order valence-corrected chi connectivity index (χ1v) is 8.26. The van der Waals surface area contributed by atoms with E-state index in [9.17, 15) is 14.4 Å². The first kappa shape index (κ1) is 15.0. The number of carbonyl (C=O) groups excluding carboxylic acids is 1. The third-order valence-electron chi connectivity index (χ3n) is 4.20. The van der Waals surface area contributed by atoms with Crippen LogP contribution in [0.3, 0.4) is 0 Å². The third kappa shape index (κ3) is 2.49. The second kappa shape index (κ2) is 5.72. The zero-order valence-corrected chi connectivity index (χ0v) is 13.4. The van der Waals surface area contributed by atoms with Crippen LogP contribution in [-0.2, 0) is 16.1 Å². The lowest BCUT2D eigenvalue weighted by atomic mass is 9.75. The van der Waals surface area contributed by atoms with E-state index in [2.05, 4.69) is 4.98 Å². The van der Waals surface area contributed by atoms with E-state index in [0.717, 1.165) is 5.56 Å². The number of aryl methyl sites for hydroxylation is 1. The molecule has 1 aliphatic rings. The lowest BCUT2D eigenvalue weighted by molar-refractivity contribution is -0.153. The molecule has 1 N–H and O–H groups in total. The van der Waals surface area contributed by atoms with Crippen molar-refractivity contribution in [2.75, 3.05) is 6.61 Å². The Morgan fingerprint density at radius 3 is 2.86 bits per heavy atom. The van der Waals surface area contributed by atoms with Gasteiger partial charge in [0.2, 0.25) is 0 Å². The molecule has 2 heterocycles. The van der Waals surface area contributed by atoms with Crippen molar-refractivity contribution in [3.63, 3.8) is 0 Å². The molecule has 22 heavy (non-hydrogen) atoms. The summed E-state index contributed by atoms with van der Waals surface area (Å²) in [7, 11) is 0. The Morgan fingerprint density at radius 2 is 2.18 bits per heavy atom. The Bertz CT molecular complexity index is 826. The van der Waals surface area contributed by atoms with Crippen LogP contribution in [0.5, 0.6) is 0 Å². The van der Waals surface area contributed by atoms with Gasteiger partial charge in [0, 0.05) is 6.54 Å². The summed E-state index contributed by atoms with van der Waals surface area (Å²) in [4.78, 5) is 39.5. The summed E-state index contributed by atoms with van der Waals surface area (Å²) < 4.78 is 6.24. The third-order valence-corrected chi connectivity index (χ3v) is 5.21. The van der Waals surface area contributed by atoms with Gasteiger partial charge in [0.15, 0.2) is 0 Å². The highest BCUT2D eigenvalue weighted by Gasteiger charge is 2.36. The van der Waals surface area contributed by atoms with Gasteiger partial charge in [-0.15, -0.1) is 11.3 Å². The number of rotatable bonds is 4. The van der Waals surface area contributed by atoms with Crippen LogP contribution in [0.15, 0.2) is 15.0 Å². The van der Waals surface area contributed by atoms with Crippen molar-refractivity contribution in [2.24, 2.45) is 11.8 Å². The fourth-order valence-corrected chi connectivity index (χ4v) is 3.88. The van der Waals surface area contributed by atoms with Gasteiger partial charge in [-0.1, -0.05) is 0 Å². The minimum absolute atomic E-state index is 0.0913. The van der Waals surface area contributed by atoms with Crippen molar-refractivity contribution in [2.45, 2.75) is 33.2 Å². The molecule has 0 atom stereocenters. The Balaban J connectivity index is 1.79. The number of nitrogens with one attached hydrogen (secondary N) is 1. The van der Waals surface area contributed by atoms with Crippen molar-refractivity contribution in [1.29, 1.82) is 0 Å². The summed E-state index contributed by atoms with van der Waals surface area (Å²) in [5, 5.41) is 2.46. The maximum absolute atomic E-state index is 12.5. The normalized spacial score (nSPS) is 20.8. The van der Waals surface area contributed by atoms with E-state index >= 15 is 0 Å². The molecule has 2 aromatic rings. The molecule has 2 aromatic heterocycles. The van der Waals surface area contributed by atoms with E-state index in [-0.39, 0.29) is 29.1 Å². The number of fused-ring (bicyclic) bond motifs is 1. The molecule has 0 amide bonds. The number of esters is 1. The number of hydrogen-bond donors (Lipinski definition) is 1. The quantitative estimate of drug-likeness (QED) is 0.868. The zero-order valence-electron chi connectivity index (χ0n) is 12.5. The second-order valence-electron chi connectivity index (χ2n) is 5.76. The molecule has 1 saturated carbocycles. The molecular formula is C15H18N2O4S. The minimum atomic E-state index is -0.376. The lowest BCUT2D eigenvalue weighted by Gasteiger charge is -2.33. The molecular weight excluding hydrogens is 304 g/mol. The molecule has 0 radical (unpaired) electrons. The predicted octanol–water partition coefficient (Wildman–Crippen LogP) is 1.65. The SMILES string of the molecule is CCOC(=O)C1CC(Cn2c(=O)[nH]c3scc(C)c3c2=O)C1. The van der Waals surface area contributed by atoms with E-state index < -0.39 is 0 Å².